The smallest absolute Gasteiger partial charge is 0.387 e. The molecule has 0 aliphatic heterocycles. The van der Waals surface area contributed by atoms with E-state index >= 15 is 0 Å². The van der Waals surface area contributed by atoms with Gasteiger partial charge in [-0.2, -0.15) is 8.78 Å². The van der Waals surface area contributed by atoms with E-state index in [0.29, 0.717) is 4.47 Å². The number of hydrogen-bond acceptors (Lipinski definition) is 1. The fraction of sp³-hybridized carbons (Fsp3) is 0.300. The van der Waals surface area contributed by atoms with Crippen LogP contribution in [0.15, 0.2) is 22.7 Å². The van der Waals surface area contributed by atoms with Gasteiger partial charge in [0.15, 0.2) is 0 Å². The summed E-state index contributed by atoms with van der Waals surface area (Å²) in [5.74, 6) is 1.28. The summed E-state index contributed by atoms with van der Waals surface area (Å²) in [6, 6.07) is 5.03. The SMILES string of the molecule is C[C](C)c1ccc(OC(F)F)c(Br)c1. The number of ether oxygens (including phenoxy) is 1. The van der Waals surface area contributed by atoms with Crippen molar-refractivity contribution in [1.29, 1.82) is 0 Å². The number of benzene rings is 1. The van der Waals surface area contributed by atoms with Crippen molar-refractivity contribution < 1.29 is 13.5 Å². The third-order valence-electron chi connectivity index (χ3n) is 1.73. The van der Waals surface area contributed by atoms with Gasteiger partial charge >= 0.3 is 6.61 Å². The highest BCUT2D eigenvalue weighted by atomic mass is 79.9. The average molecular weight is 264 g/mol. The Bertz CT molecular complexity index is 313. The zero-order chi connectivity index (χ0) is 10.7. The van der Waals surface area contributed by atoms with Crippen molar-refractivity contribution in [3.63, 3.8) is 0 Å². The molecule has 0 amide bonds. The largest absolute Gasteiger partial charge is 0.434 e. The number of alkyl halides is 2. The van der Waals surface area contributed by atoms with Gasteiger partial charge in [0.1, 0.15) is 5.75 Å². The lowest BCUT2D eigenvalue weighted by molar-refractivity contribution is -0.0503. The third-order valence-corrected chi connectivity index (χ3v) is 2.34. The van der Waals surface area contributed by atoms with Gasteiger partial charge in [-0.05, 0) is 39.5 Å². The molecule has 0 aromatic heterocycles. The summed E-state index contributed by atoms with van der Waals surface area (Å²) in [6.45, 7) is 1.12. The molecule has 0 saturated carbocycles. The van der Waals surface area contributed by atoms with Gasteiger partial charge in [-0.25, -0.2) is 0 Å². The molecule has 1 radical (unpaired) electrons. The maximum atomic E-state index is 11.9. The Labute approximate surface area is 90.2 Å². The quantitative estimate of drug-likeness (QED) is 0.801. The summed E-state index contributed by atoms with van der Waals surface area (Å²) in [5.41, 5.74) is 0.999. The lowest BCUT2D eigenvalue weighted by Crippen LogP contribution is -2.02. The molecule has 1 aromatic carbocycles. The summed E-state index contributed by atoms with van der Waals surface area (Å²) in [4.78, 5) is 0. The predicted molar refractivity (Wildman–Crippen MR) is 54.5 cm³/mol. The zero-order valence-electron chi connectivity index (χ0n) is 7.85. The Morgan fingerprint density at radius 2 is 2.00 bits per heavy atom. The average Bonchev–Trinajstić information content (AvgIpc) is 2.07. The molecule has 0 aliphatic rings. The van der Waals surface area contributed by atoms with Crippen LogP contribution in [0.25, 0.3) is 0 Å². The summed E-state index contributed by atoms with van der Waals surface area (Å²) < 4.78 is 28.7. The Morgan fingerprint density at radius 1 is 1.36 bits per heavy atom. The molecule has 0 atom stereocenters. The van der Waals surface area contributed by atoms with Crippen LogP contribution in [0.4, 0.5) is 8.78 Å². The Kier molecular flexibility index (Phi) is 3.86. The molecule has 0 saturated heterocycles. The normalized spacial score (nSPS) is 11.1. The van der Waals surface area contributed by atoms with Crippen molar-refractivity contribution in [1.82, 2.24) is 0 Å². The van der Waals surface area contributed by atoms with Crippen LogP contribution in [0, 0.1) is 5.92 Å². The molecule has 1 rings (SSSR count). The summed E-state index contributed by atoms with van der Waals surface area (Å²) in [5, 5.41) is 0. The van der Waals surface area contributed by atoms with Crippen LogP contribution < -0.4 is 4.74 Å². The predicted octanol–water partition coefficient (Wildman–Crippen LogP) is 4.01. The van der Waals surface area contributed by atoms with E-state index in [1.54, 1.807) is 12.1 Å². The lowest BCUT2D eigenvalue weighted by Gasteiger charge is -2.09. The molecular formula is C10H10BrF2O. The Hall–Kier alpha value is -0.640. The van der Waals surface area contributed by atoms with Gasteiger partial charge in [0.2, 0.25) is 0 Å². The van der Waals surface area contributed by atoms with Crippen LogP contribution in [-0.2, 0) is 0 Å². The van der Waals surface area contributed by atoms with E-state index in [-0.39, 0.29) is 5.75 Å². The second-order valence-electron chi connectivity index (χ2n) is 3.02. The van der Waals surface area contributed by atoms with Crippen molar-refractivity contribution in [2.75, 3.05) is 0 Å². The van der Waals surface area contributed by atoms with Crippen LogP contribution in [0.2, 0.25) is 0 Å². The Balaban J connectivity index is 2.90. The lowest BCUT2D eigenvalue weighted by atomic mass is 10.0. The highest BCUT2D eigenvalue weighted by Crippen LogP contribution is 2.29. The fourth-order valence-electron chi connectivity index (χ4n) is 1.00. The fourth-order valence-corrected chi connectivity index (χ4v) is 1.48. The summed E-state index contributed by atoms with van der Waals surface area (Å²) in [7, 11) is 0. The van der Waals surface area contributed by atoms with E-state index in [0.717, 1.165) is 11.5 Å². The van der Waals surface area contributed by atoms with E-state index in [1.165, 1.54) is 6.07 Å². The highest BCUT2D eigenvalue weighted by Gasteiger charge is 2.09. The van der Waals surface area contributed by atoms with Crippen molar-refractivity contribution in [3.8, 4) is 5.75 Å². The van der Waals surface area contributed by atoms with Crippen molar-refractivity contribution in [2.24, 2.45) is 0 Å². The first-order valence-electron chi connectivity index (χ1n) is 4.05. The molecule has 0 aliphatic carbocycles. The van der Waals surface area contributed by atoms with E-state index in [4.69, 9.17) is 0 Å². The minimum absolute atomic E-state index is 0.157. The van der Waals surface area contributed by atoms with Gasteiger partial charge in [0.05, 0.1) is 4.47 Å². The maximum Gasteiger partial charge on any atom is 0.387 e. The van der Waals surface area contributed by atoms with E-state index < -0.39 is 6.61 Å². The first kappa shape index (κ1) is 11.4. The second-order valence-corrected chi connectivity index (χ2v) is 3.88. The first-order chi connectivity index (χ1) is 6.50. The molecule has 4 heteroatoms. The maximum absolute atomic E-state index is 11.9. The van der Waals surface area contributed by atoms with Gasteiger partial charge < -0.3 is 4.74 Å². The zero-order valence-corrected chi connectivity index (χ0v) is 9.44. The van der Waals surface area contributed by atoms with Crippen molar-refractivity contribution in [3.05, 3.63) is 34.2 Å². The molecule has 1 nitrogen and oxygen atoms in total. The van der Waals surface area contributed by atoms with Gasteiger partial charge in [0.25, 0.3) is 0 Å². The van der Waals surface area contributed by atoms with Crippen molar-refractivity contribution in [2.45, 2.75) is 20.5 Å². The van der Waals surface area contributed by atoms with Gasteiger partial charge in [0, 0.05) is 0 Å². The number of hydrogen-bond donors (Lipinski definition) is 0. The minimum Gasteiger partial charge on any atom is -0.434 e. The van der Waals surface area contributed by atoms with Crippen LogP contribution in [-0.4, -0.2) is 6.61 Å². The summed E-state index contributed by atoms with van der Waals surface area (Å²) in [6.07, 6.45) is 0. The first-order valence-corrected chi connectivity index (χ1v) is 4.85. The standard InChI is InChI=1S/C10H10BrF2O/c1-6(2)7-3-4-9(8(11)5-7)14-10(12)13/h3-5,10H,1-2H3. The van der Waals surface area contributed by atoms with E-state index in [2.05, 4.69) is 20.7 Å². The van der Waals surface area contributed by atoms with Crippen molar-refractivity contribution >= 4 is 15.9 Å². The molecule has 0 bridgehead atoms. The van der Waals surface area contributed by atoms with E-state index in [1.807, 2.05) is 13.8 Å². The molecule has 0 spiro atoms. The summed E-state index contributed by atoms with van der Waals surface area (Å²) >= 11 is 3.17. The number of halogens is 3. The van der Waals surface area contributed by atoms with Gasteiger partial charge in [-0.1, -0.05) is 19.9 Å². The highest BCUT2D eigenvalue weighted by molar-refractivity contribution is 9.10. The molecule has 0 heterocycles. The monoisotopic (exact) mass is 263 g/mol. The molecule has 0 N–H and O–H groups in total. The minimum atomic E-state index is -2.79. The molecular weight excluding hydrogens is 254 g/mol. The second kappa shape index (κ2) is 4.73. The molecule has 0 unspecified atom stereocenters. The third kappa shape index (κ3) is 2.94. The van der Waals surface area contributed by atoms with Gasteiger partial charge in [-0.15, -0.1) is 0 Å². The van der Waals surface area contributed by atoms with Gasteiger partial charge in [-0.3, -0.25) is 0 Å². The van der Waals surface area contributed by atoms with Crippen LogP contribution >= 0.6 is 15.9 Å². The molecule has 77 valence electrons. The Morgan fingerprint density at radius 3 is 2.43 bits per heavy atom. The number of rotatable bonds is 3. The molecule has 0 fully saturated rings. The topological polar surface area (TPSA) is 9.23 Å². The van der Waals surface area contributed by atoms with Crippen LogP contribution in [0.3, 0.4) is 0 Å². The van der Waals surface area contributed by atoms with Crippen LogP contribution in [0.1, 0.15) is 19.4 Å². The molecule has 1 aromatic rings. The molecule has 14 heavy (non-hydrogen) atoms. The van der Waals surface area contributed by atoms with Crippen LogP contribution in [0.5, 0.6) is 5.75 Å². The van der Waals surface area contributed by atoms with E-state index in [9.17, 15) is 8.78 Å².